The summed E-state index contributed by atoms with van der Waals surface area (Å²) in [4.78, 5) is 23.4. The number of nitrogens with one attached hydrogen (secondary N) is 1. The molecule has 1 N–H and O–H groups in total. The highest BCUT2D eigenvalue weighted by molar-refractivity contribution is 14.1. The van der Waals surface area contributed by atoms with Gasteiger partial charge >= 0.3 is 0 Å². The second-order valence-electron chi connectivity index (χ2n) is 2.22. The van der Waals surface area contributed by atoms with E-state index >= 15 is 0 Å². The number of rotatable bonds is 2. The first-order valence-electron chi connectivity index (χ1n) is 3.22. The highest BCUT2D eigenvalue weighted by Crippen LogP contribution is 2.24. The van der Waals surface area contributed by atoms with Crippen molar-refractivity contribution in [1.29, 1.82) is 0 Å². The average molecular weight is 299 g/mol. The van der Waals surface area contributed by atoms with Crippen LogP contribution in [-0.2, 0) is 0 Å². The van der Waals surface area contributed by atoms with Gasteiger partial charge in [-0.2, -0.15) is 0 Å². The van der Waals surface area contributed by atoms with Gasteiger partial charge in [-0.15, -0.1) is 0 Å². The number of aromatic nitrogens is 1. The number of aromatic amines is 1. The van der Waals surface area contributed by atoms with Crippen LogP contribution in [0.3, 0.4) is 0 Å². The molecule has 6 heteroatoms. The zero-order valence-electron chi connectivity index (χ0n) is 6.18. The van der Waals surface area contributed by atoms with Crippen LogP contribution in [0.1, 0.15) is 22.3 Å². The fraction of sp³-hybridized carbons (Fsp3) is 0.143. The summed E-state index contributed by atoms with van der Waals surface area (Å²) in [6.07, 6.45) is -1.53. The molecule has 13 heavy (non-hydrogen) atoms. The molecule has 0 aliphatic carbocycles. The van der Waals surface area contributed by atoms with Crippen molar-refractivity contribution in [1.82, 2.24) is 4.98 Å². The second-order valence-corrected chi connectivity index (χ2v) is 3.30. The number of alkyl halides is 2. The van der Waals surface area contributed by atoms with E-state index in [2.05, 4.69) is 4.98 Å². The van der Waals surface area contributed by atoms with Gasteiger partial charge in [0.25, 0.3) is 12.0 Å². The maximum Gasteiger partial charge on any atom is 0.265 e. The predicted octanol–water partition coefficient (Wildman–Crippen LogP) is 1.73. The van der Waals surface area contributed by atoms with Gasteiger partial charge in [0.15, 0.2) is 6.29 Å². The lowest BCUT2D eigenvalue weighted by Gasteiger charge is -2.04. The molecule has 0 spiro atoms. The number of carbonyl (C=O) groups excluding carboxylic acids is 1. The molecule has 1 rings (SSSR count). The van der Waals surface area contributed by atoms with Crippen LogP contribution in [0.5, 0.6) is 0 Å². The molecule has 1 aromatic heterocycles. The van der Waals surface area contributed by atoms with Gasteiger partial charge in [-0.1, -0.05) is 0 Å². The van der Waals surface area contributed by atoms with Gasteiger partial charge in [0.05, 0.1) is 3.57 Å². The Balaban J connectivity index is 3.50. The number of pyridine rings is 1. The topological polar surface area (TPSA) is 49.9 Å². The predicted molar refractivity (Wildman–Crippen MR) is 50.1 cm³/mol. The highest BCUT2D eigenvalue weighted by atomic mass is 127. The first-order valence-corrected chi connectivity index (χ1v) is 4.30. The highest BCUT2D eigenvalue weighted by Gasteiger charge is 2.18. The number of H-pyrrole nitrogens is 1. The lowest BCUT2D eigenvalue weighted by Crippen LogP contribution is -2.14. The van der Waals surface area contributed by atoms with E-state index in [0.717, 1.165) is 6.20 Å². The van der Waals surface area contributed by atoms with Crippen LogP contribution >= 0.6 is 22.6 Å². The van der Waals surface area contributed by atoms with Gasteiger partial charge in [-0.05, 0) is 22.6 Å². The fourth-order valence-corrected chi connectivity index (χ4v) is 1.56. The SMILES string of the molecule is O=Cc1c[nH]c(=O)c(I)c1C(F)F. The molecule has 1 aromatic rings. The van der Waals surface area contributed by atoms with Crippen LogP contribution < -0.4 is 5.56 Å². The van der Waals surface area contributed by atoms with Crippen molar-refractivity contribution in [3.63, 3.8) is 0 Å². The maximum absolute atomic E-state index is 12.3. The molecule has 0 radical (unpaired) electrons. The molecule has 0 aliphatic rings. The Bertz CT molecular complexity index is 389. The Kier molecular flexibility index (Phi) is 3.12. The first kappa shape index (κ1) is 10.3. The quantitative estimate of drug-likeness (QED) is 0.668. The van der Waals surface area contributed by atoms with Crippen LogP contribution in [0.25, 0.3) is 0 Å². The van der Waals surface area contributed by atoms with Gasteiger partial charge < -0.3 is 4.98 Å². The third-order valence-electron chi connectivity index (χ3n) is 1.45. The average Bonchev–Trinajstić information content (AvgIpc) is 2.08. The van der Waals surface area contributed by atoms with Crippen molar-refractivity contribution in [2.24, 2.45) is 0 Å². The summed E-state index contributed by atoms with van der Waals surface area (Å²) >= 11 is 1.49. The van der Waals surface area contributed by atoms with Crippen molar-refractivity contribution in [2.45, 2.75) is 6.43 Å². The largest absolute Gasteiger partial charge is 0.327 e. The minimum absolute atomic E-state index is 0.141. The van der Waals surface area contributed by atoms with Gasteiger partial charge in [0.1, 0.15) is 0 Å². The first-order chi connectivity index (χ1) is 6.07. The Labute approximate surface area is 85.3 Å². The van der Waals surface area contributed by atoms with E-state index in [4.69, 9.17) is 0 Å². The maximum atomic E-state index is 12.3. The van der Waals surface area contributed by atoms with Crippen molar-refractivity contribution in [2.75, 3.05) is 0 Å². The van der Waals surface area contributed by atoms with Gasteiger partial charge in [-0.25, -0.2) is 8.78 Å². The summed E-state index contributed by atoms with van der Waals surface area (Å²) in [7, 11) is 0. The fourth-order valence-electron chi connectivity index (χ4n) is 0.853. The summed E-state index contributed by atoms with van der Waals surface area (Å²) in [5.74, 6) is 0. The summed E-state index contributed by atoms with van der Waals surface area (Å²) in [6, 6.07) is 0. The Morgan fingerprint density at radius 2 is 2.15 bits per heavy atom. The van der Waals surface area contributed by atoms with Crippen molar-refractivity contribution in [3.8, 4) is 0 Å². The van der Waals surface area contributed by atoms with Gasteiger partial charge in [-0.3, -0.25) is 9.59 Å². The molecule has 0 saturated carbocycles. The number of halogens is 3. The van der Waals surface area contributed by atoms with Crippen LogP contribution in [-0.4, -0.2) is 11.3 Å². The molecular weight excluding hydrogens is 295 g/mol. The molecule has 1 heterocycles. The molecule has 0 saturated heterocycles. The minimum Gasteiger partial charge on any atom is -0.327 e. The molecule has 3 nitrogen and oxygen atoms in total. The van der Waals surface area contributed by atoms with E-state index in [9.17, 15) is 18.4 Å². The lowest BCUT2D eigenvalue weighted by atomic mass is 10.1. The van der Waals surface area contributed by atoms with Crippen LogP contribution in [0.15, 0.2) is 11.0 Å². The summed E-state index contributed by atoms with van der Waals surface area (Å²) in [5, 5.41) is 0. The van der Waals surface area contributed by atoms with Crippen molar-refractivity contribution >= 4 is 28.9 Å². The molecule has 0 amide bonds. The van der Waals surface area contributed by atoms with E-state index in [-0.39, 0.29) is 9.13 Å². The third kappa shape index (κ3) is 1.93. The van der Waals surface area contributed by atoms with Gasteiger partial charge in [0.2, 0.25) is 0 Å². The van der Waals surface area contributed by atoms with Crippen molar-refractivity contribution < 1.29 is 13.6 Å². The third-order valence-corrected chi connectivity index (χ3v) is 2.52. The lowest BCUT2D eigenvalue weighted by molar-refractivity contribution is 0.110. The molecular formula is C7H4F2INO2. The zero-order chi connectivity index (χ0) is 10.0. The molecule has 0 bridgehead atoms. The molecule has 0 fully saturated rings. The molecule has 0 aromatic carbocycles. The number of aldehydes is 1. The normalized spacial score (nSPS) is 10.5. The Hall–Kier alpha value is -0.790. The zero-order valence-corrected chi connectivity index (χ0v) is 8.34. The number of carbonyl (C=O) groups is 1. The molecule has 0 unspecified atom stereocenters. The van der Waals surface area contributed by atoms with Crippen molar-refractivity contribution in [3.05, 3.63) is 31.2 Å². The number of hydrogen-bond acceptors (Lipinski definition) is 2. The number of hydrogen-bond donors (Lipinski definition) is 1. The second kappa shape index (κ2) is 3.95. The summed E-state index contributed by atoms with van der Waals surface area (Å²) < 4.78 is 24.5. The summed E-state index contributed by atoms with van der Waals surface area (Å²) in [6.45, 7) is 0. The minimum atomic E-state index is -2.81. The molecule has 70 valence electrons. The van der Waals surface area contributed by atoms with E-state index in [0.29, 0.717) is 6.29 Å². The monoisotopic (exact) mass is 299 g/mol. The van der Waals surface area contributed by atoms with Crippen LogP contribution in [0.4, 0.5) is 8.78 Å². The van der Waals surface area contributed by atoms with E-state index in [1.807, 2.05) is 0 Å². The van der Waals surface area contributed by atoms with E-state index in [1.54, 1.807) is 0 Å². The molecule has 0 atom stereocenters. The Morgan fingerprint density at radius 1 is 1.54 bits per heavy atom. The Morgan fingerprint density at radius 3 is 2.62 bits per heavy atom. The smallest absolute Gasteiger partial charge is 0.265 e. The van der Waals surface area contributed by atoms with Gasteiger partial charge in [0, 0.05) is 17.3 Å². The van der Waals surface area contributed by atoms with Crippen LogP contribution in [0, 0.1) is 3.57 Å². The summed E-state index contributed by atoms with van der Waals surface area (Å²) in [5.41, 5.74) is -1.29. The van der Waals surface area contributed by atoms with Crippen LogP contribution in [0.2, 0.25) is 0 Å². The standard InChI is InChI=1S/C7H4F2INO2/c8-6(9)4-3(2-12)1-11-7(13)5(4)10/h1-2,6H,(H,11,13). The van der Waals surface area contributed by atoms with E-state index < -0.39 is 17.5 Å². The van der Waals surface area contributed by atoms with E-state index in [1.165, 1.54) is 22.6 Å². The molecule has 0 aliphatic heterocycles.